The number of hydrogen-bond acceptors (Lipinski definition) is 4. The van der Waals surface area contributed by atoms with Crippen molar-refractivity contribution >= 4 is 5.69 Å². The fourth-order valence-corrected chi connectivity index (χ4v) is 4.22. The number of ether oxygens (including phenoxy) is 1. The largest absolute Gasteiger partial charge is 0.573 e. The summed E-state index contributed by atoms with van der Waals surface area (Å²) in [5.41, 5.74) is 2.43. The standard InChI is InChI=1S/C20H22F3N3O/c1-13-19(15-8-10-26(13)11-9-15)25-16-4-7-18(24-12-16)14-2-5-17(6-3-14)27-20(21,22)23/h2-7,12-13,15,19,25H,8-11H2,1H3. The Hall–Kier alpha value is -2.28. The molecule has 1 aromatic carbocycles. The normalized spacial score (nSPS) is 27.4. The Labute approximate surface area is 156 Å². The van der Waals surface area contributed by atoms with Crippen LogP contribution in [0.1, 0.15) is 19.8 Å². The second-order valence-corrected chi connectivity index (χ2v) is 7.29. The zero-order valence-corrected chi connectivity index (χ0v) is 15.0. The van der Waals surface area contributed by atoms with Crippen molar-refractivity contribution in [2.24, 2.45) is 5.92 Å². The Morgan fingerprint density at radius 1 is 1.07 bits per heavy atom. The van der Waals surface area contributed by atoms with Crippen molar-refractivity contribution in [2.45, 2.75) is 38.2 Å². The summed E-state index contributed by atoms with van der Waals surface area (Å²) in [4.78, 5) is 7.00. The van der Waals surface area contributed by atoms with E-state index in [0.29, 0.717) is 23.7 Å². The Balaban J connectivity index is 1.43. The van der Waals surface area contributed by atoms with Gasteiger partial charge < -0.3 is 10.1 Å². The first-order chi connectivity index (χ1) is 12.9. The van der Waals surface area contributed by atoms with Gasteiger partial charge in [0.05, 0.1) is 17.6 Å². The minimum absolute atomic E-state index is 0.235. The van der Waals surface area contributed by atoms with Crippen LogP contribution in [-0.4, -0.2) is 41.4 Å². The molecule has 3 fully saturated rings. The number of piperidine rings is 3. The molecule has 1 aromatic heterocycles. The third kappa shape index (κ3) is 4.03. The fourth-order valence-electron chi connectivity index (χ4n) is 4.22. The fraction of sp³-hybridized carbons (Fsp3) is 0.450. The van der Waals surface area contributed by atoms with Gasteiger partial charge in [0, 0.05) is 17.6 Å². The minimum atomic E-state index is -4.68. The zero-order chi connectivity index (χ0) is 19.0. The minimum Gasteiger partial charge on any atom is -0.406 e. The van der Waals surface area contributed by atoms with Gasteiger partial charge in [-0.15, -0.1) is 13.2 Å². The predicted octanol–water partition coefficient (Wildman–Crippen LogP) is 4.54. The van der Waals surface area contributed by atoms with E-state index >= 15 is 0 Å². The number of halogens is 3. The van der Waals surface area contributed by atoms with Crippen LogP contribution in [0.5, 0.6) is 5.75 Å². The average Bonchev–Trinajstić information content (AvgIpc) is 2.65. The highest BCUT2D eigenvalue weighted by molar-refractivity contribution is 5.62. The van der Waals surface area contributed by atoms with Gasteiger partial charge in [-0.2, -0.15) is 0 Å². The summed E-state index contributed by atoms with van der Waals surface area (Å²) in [6, 6.07) is 10.5. The smallest absolute Gasteiger partial charge is 0.406 e. The molecule has 0 spiro atoms. The van der Waals surface area contributed by atoms with Gasteiger partial charge in [0.15, 0.2) is 0 Å². The summed E-state index contributed by atoms with van der Waals surface area (Å²) in [5.74, 6) is 0.465. The van der Waals surface area contributed by atoms with Crippen LogP contribution < -0.4 is 10.1 Å². The van der Waals surface area contributed by atoms with Gasteiger partial charge in [-0.3, -0.25) is 9.88 Å². The van der Waals surface area contributed by atoms with Gasteiger partial charge in [-0.25, -0.2) is 0 Å². The maximum atomic E-state index is 12.2. The topological polar surface area (TPSA) is 37.4 Å². The molecule has 0 saturated carbocycles. The molecule has 5 rings (SSSR count). The first-order valence-electron chi connectivity index (χ1n) is 9.22. The van der Waals surface area contributed by atoms with Crippen LogP contribution in [0.4, 0.5) is 18.9 Å². The van der Waals surface area contributed by atoms with Crippen LogP contribution in [0.15, 0.2) is 42.6 Å². The second-order valence-electron chi connectivity index (χ2n) is 7.29. The lowest BCUT2D eigenvalue weighted by atomic mass is 9.79. The average molecular weight is 377 g/mol. The van der Waals surface area contributed by atoms with Crippen molar-refractivity contribution in [1.82, 2.24) is 9.88 Å². The van der Waals surface area contributed by atoms with Gasteiger partial charge in [0.25, 0.3) is 0 Å². The number of benzene rings is 1. The van der Waals surface area contributed by atoms with Crippen molar-refractivity contribution in [3.8, 4) is 17.0 Å². The molecule has 4 heterocycles. The summed E-state index contributed by atoms with van der Waals surface area (Å²) in [6.45, 7) is 4.65. The van der Waals surface area contributed by atoms with Crippen LogP contribution in [0, 0.1) is 5.92 Å². The highest BCUT2D eigenvalue weighted by Gasteiger charge is 2.39. The number of rotatable bonds is 4. The van der Waals surface area contributed by atoms with Crippen LogP contribution in [0.3, 0.4) is 0 Å². The summed E-state index contributed by atoms with van der Waals surface area (Å²) < 4.78 is 40.6. The molecule has 4 nitrogen and oxygen atoms in total. The quantitative estimate of drug-likeness (QED) is 0.849. The van der Waals surface area contributed by atoms with E-state index in [9.17, 15) is 13.2 Å². The van der Waals surface area contributed by atoms with E-state index in [4.69, 9.17) is 0 Å². The summed E-state index contributed by atoms with van der Waals surface area (Å²) in [5, 5.41) is 3.63. The first kappa shape index (κ1) is 18.1. The predicted molar refractivity (Wildman–Crippen MR) is 97.5 cm³/mol. The molecule has 2 unspecified atom stereocenters. The Morgan fingerprint density at radius 2 is 1.78 bits per heavy atom. The van der Waals surface area contributed by atoms with Crippen LogP contribution in [0.25, 0.3) is 11.3 Å². The highest BCUT2D eigenvalue weighted by atomic mass is 19.4. The van der Waals surface area contributed by atoms with Crippen molar-refractivity contribution < 1.29 is 17.9 Å². The van der Waals surface area contributed by atoms with Crippen LogP contribution in [-0.2, 0) is 0 Å². The molecular weight excluding hydrogens is 355 g/mol. The second kappa shape index (κ2) is 7.03. The maximum absolute atomic E-state index is 12.2. The van der Waals surface area contributed by atoms with E-state index in [1.165, 1.54) is 38.1 Å². The lowest BCUT2D eigenvalue weighted by Crippen LogP contribution is -2.59. The van der Waals surface area contributed by atoms with Gasteiger partial charge in [0.1, 0.15) is 5.75 Å². The number of aromatic nitrogens is 1. The van der Waals surface area contributed by atoms with Crippen LogP contribution in [0.2, 0.25) is 0 Å². The molecule has 1 N–H and O–H groups in total. The number of nitrogens with zero attached hydrogens (tertiary/aromatic N) is 2. The van der Waals surface area contributed by atoms with Gasteiger partial charge >= 0.3 is 6.36 Å². The van der Waals surface area contributed by atoms with Crippen LogP contribution >= 0.6 is 0 Å². The SMILES string of the molecule is CC1C(Nc2ccc(-c3ccc(OC(F)(F)F)cc3)nc2)C2CCN1CC2. The van der Waals surface area contributed by atoms with Crippen molar-refractivity contribution in [3.63, 3.8) is 0 Å². The molecule has 27 heavy (non-hydrogen) atoms. The molecule has 0 amide bonds. The summed E-state index contributed by atoms with van der Waals surface area (Å²) in [6.07, 6.45) is -0.418. The molecular formula is C20H22F3N3O. The van der Waals surface area contributed by atoms with E-state index in [-0.39, 0.29) is 5.75 Å². The molecule has 3 aliphatic heterocycles. The lowest BCUT2D eigenvalue weighted by molar-refractivity contribution is -0.274. The summed E-state index contributed by atoms with van der Waals surface area (Å²) >= 11 is 0. The highest BCUT2D eigenvalue weighted by Crippen LogP contribution is 2.34. The van der Waals surface area contributed by atoms with E-state index < -0.39 is 6.36 Å². The lowest BCUT2D eigenvalue weighted by Gasteiger charge is -2.50. The first-order valence-corrected chi connectivity index (χ1v) is 9.22. The molecule has 144 valence electrons. The van der Waals surface area contributed by atoms with Crippen molar-refractivity contribution in [2.75, 3.05) is 18.4 Å². The summed E-state index contributed by atoms with van der Waals surface area (Å²) in [7, 11) is 0. The molecule has 0 aliphatic carbocycles. The van der Waals surface area contributed by atoms with Crippen molar-refractivity contribution in [3.05, 3.63) is 42.6 Å². The number of hydrogen-bond donors (Lipinski definition) is 1. The van der Waals surface area contributed by atoms with Gasteiger partial charge in [-0.05, 0) is 75.2 Å². The van der Waals surface area contributed by atoms with Gasteiger partial charge in [-0.1, -0.05) is 0 Å². The Kier molecular flexibility index (Phi) is 4.72. The van der Waals surface area contributed by atoms with E-state index in [0.717, 1.165) is 11.3 Å². The van der Waals surface area contributed by atoms with E-state index in [1.54, 1.807) is 18.3 Å². The van der Waals surface area contributed by atoms with Gasteiger partial charge in [0.2, 0.25) is 0 Å². The number of nitrogens with one attached hydrogen (secondary N) is 1. The number of anilines is 1. The molecule has 3 aliphatic rings. The molecule has 7 heteroatoms. The molecule has 2 atom stereocenters. The number of fused-ring (bicyclic) bond motifs is 3. The Bertz CT molecular complexity index is 767. The van der Waals surface area contributed by atoms with E-state index in [2.05, 4.69) is 26.9 Å². The Morgan fingerprint density at radius 3 is 2.33 bits per heavy atom. The maximum Gasteiger partial charge on any atom is 0.573 e. The molecule has 3 saturated heterocycles. The third-order valence-electron chi connectivity index (χ3n) is 5.66. The molecule has 2 bridgehead atoms. The third-order valence-corrected chi connectivity index (χ3v) is 5.66. The van der Waals surface area contributed by atoms with E-state index in [1.807, 2.05) is 12.1 Å². The molecule has 0 radical (unpaired) electrons. The zero-order valence-electron chi connectivity index (χ0n) is 15.0. The number of alkyl halides is 3. The number of pyridine rings is 1. The van der Waals surface area contributed by atoms with Crippen molar-refractivity contribution in [1.29, 1.82) is 0 Å². The monoisotopic (exact) mass is 377 g/mol. The molecule has 2 aromatic rings.